The third-order valence-electron chi connectivity index (χ3n) is 4.00. The normalized spacial score (nSPS) is 10.9. The van der Waals surface area contributed by atoms with Crippen molar-refractivity contribution >= 4 is 28.8 Å². The van der Waals surface area contributed by atoms with Crippen LogP contribution in [0.25, 0.3) is 16.9 Å². The molecule has 1 amide bonds. The molecular formula is C19H13ClFN5O. The number of hydrogen-bond donors (Lipinski definition) is 1. The van der Waals surface area contributed by atoms with E-state index in [4.69, 9.17) is 11.6 Å². The van der Waals surface area contributed by atoms with Gasteiger partial charge in [-0.2, -0.15) is 9.61 Å². The summed E-state index contributed by atoms with van der Waals surface area (Å²) < 4.78 is 15.4. The fourth-order valence-electron chi connectivity index (χ4n) is 2.71. The van der Waals surface area contributed by atoms with Gasteiger partial charge in [-0.1, -0.05) is 29.8 Å². The van der Waals surface area contributed by atoms with E-state index in [0.29, 0.717) is 17.0 Å². The Kier molecular flexibility index (Phi) is 4.52. The Morgan fingerprint density at radius 3 is 2.85 bits per heavy atom. The average Bonchev–Trinajstić information content (AvgIpc) is 3.13. The average molecular weight is 382 g/mol. The van der Waals surface area contributed by atoms with E-state index in [1.165, 1.54) is 18.5 Å². The molecule has 0 unspecified atom stereocenters. The van der Waals surface area contributed by atoms with E-state index >= 15 is 0 Å². The van der Waals surface area contributed by atoms with Crippen molar-refractivity contribution in [3.8, 4) is 11.3 Å². The molecule has 27 heavy (non-hydrogen) atoms. The number of benzene rings is 2. The summed E-state index contributed by atoms with van der Waals surface area (Å²) in [5.74, 6) is -0.862. The van der Waals surface area contributed by atoms with Crippen LogP contribution in [0.15, 0.2) is 60.9 Å². The number of rotatable bonds is 4. The van der Waals surface area contributed by atoms with Crippen molar-refractivity contribution in [2.24, 2.45) is 0 Å². The van der Waals surface area contributed by atoms with Gasteiger partial charge in [0.05, 0.1) is 12.1 Å². The molecule has 4 rings (SSSR count). The van der Waals surface area contributed by atoms with Crippen molar-refractivity contribution in [1.29, 1.82) is 0 Å². The van der Waals surface area contributed by atoms with E-state index in [0.717, 1.165) is 5.56 Å². The van der Waals surface area contributed by atoms with Crippen molar-refractivity contribution < 1.29 is 9.18 Å². The Hall–Kier alpha value is -3.32. The van der Waals surface area contributed by atoms with E-state index in [1.54, 1.807) is 34.8 Å². The van der Waals surface area contributed by atoms with Crippen LogP contribution < -0.4 is 5.32 Å². The number of halogens is 2. The first-order valence-corrected chi connectivity index (χ1v) is 8.48. The SMILES string of the molecule is O=C(Cc1c(F)cccc1Cl)Nc1cccc(-c2ccc3nncn3n2)c1. The highest BCUT2D eigenvalue weighted by Crippen LogP contribution is 2.23. The summed E-state index contributed by atoms with van der Waals surface area (Å²) in [7, 11) is 0. The quantitative estimate of drug-likeness (QED) is 0.584. The molecule has 0 spiro atoms. The van der Waals surface area contributed by atoms with Crippen LogP contribution >= 0.6 is 11.6 Å². The molecule has 2 aromatic carbocycles. The second-order valence-corrected chi connectivity index (χ2v) is 6.27. The lowest BCUT2D eigenvalue weighted by atomic mass is 10.1. The summed E-state index contributed by atoms with van der Waals surface area (Å²) in [5.41, 5.74) is 2.91. The van der Waals surface area contributed by atoms with E-state index in [1.807, 2.05) is 12.1 Å². The van der Waals surface area contributed by atoms with Crippen LogP contribution in [0.1, 0.15) is 5.56 Å². The van der Waals surface area contributed by atoms with Crippen LogP contribution in [0.2, 0.25) is 5.02 Å². The molecule has 1 N–H and O–H groups in total. The summed E-state index contributed by atoms with van der Waals surface area (Å²) in [6, 6.07) is 15.2. The maximum absolute atomic E-state index is 13.9. The minimum Gasteiger partial charge on any atom is -0.326 e. The number of hydrogen-bond acceptors (Lipinski definition) is 4. The predicted octanol–water partition coefficient (Wildman–Crippen LogP) is 3.77. The maximum Gasteiger partial charge on any atom is 0.228 e. The molecule has 0 fully saturated rings. The van der Waals surface area contributed by atoms with E-state index < -0.39 is 5.82 Å². The smallest absolute Gasteiger partial charge is 0.228 e. The molecule has 0 aliphatic heterocycles. The minimum absolute atomic E-state index is 0.152. The molecule has 4 aromatic rings. The first-order chi connectivity index (χ1) is 13.1. The lowest BCUT2D eigenvalue weighted by Crippen LogP contribution is -2.15. The topological polar surface area (TPSA) is 72.2 Å². The van der Waals surface area contributed by atoms with Gasteiger partial charge in [-0.15, -0.1) is 10.2 Å². The van der Waals surface area contributed by atoms with Gasteiger partial charge in [0, 0.05) is 21.8 Å². The van der Waals surface area contributed by atoms with Crippen LogP contribution in [0.5, 0.6) is 0 Å². The highest BCUT2D eigenvalue weighted by molar-refractivity contribution is 6.31. The molecule has 0 atom stereocenters. The number of carbonyl (C=O) groups is 1. The lowest BCUT2D eigenvalue weighted by molar-refractivity contribution is -0.115. The van der Waals surface area contributed by atoms with Crippen molar-refractivity contribution in [2.45, 2.75) is 6.42 Å². The molecule has 6 nitrogen and oxygen atoms in total. The van der Waals surface area contributed by atoms with Gasteiger partial charge in [0.2, 0.25) is 5.91 Å². The second-order valence-electron chi connectivity index (χ2n) is 5.86. The molecule has 134 valence electrons. The van der Waals surface area contributed by atoms with Gasteiger partial charge in [-0.3, -0.25) is 4.79 Å². The number of fused-ring (bicyclic) bond motifs is 1. The number of nitrogens with one attached hydrogen (secondary N) is 1. The summed E-state index contributed by atoms with van der Waals surface area (Å²) >= 11 is 5.98. The van der Waals surface area contributed by atoms with Gasteiger partial charge >= 0.3 is 0 Å². The van der Waals surface area contributed by atoms with Crippen molar-refractivity contribution in [3.05, 3.63) is 77.3 Å². The van der Waals surface area contributed by atoms with Gasteiger partial charge in [-0.25, -0.2) is 4.39 Å². The summed E-state index contributed by atoms with van der Waals surface area (Å²) in [6.07, 6.45) is 1.36. The summed E-state index contributed by atoms with van der Waals surface area (Å²) in [4.78, 5) is 12.3. The fraction of sp³-hybridized carbons (Fsp3) is 0.0526. The van der Waals surface area contributed by atoms with E-state index in [9.17, 15) is 9.18 Å². The minimum atomic E-state index is -0.502. The van der Waals surface area contributed by atoms with Crippen molar-refractivity contribution in [1.82, 2.24) is 19.8 Å². The number of aromatic nitrogens is 4. The van der Waals surface area contributed by atoms with Crippen LogP contribution in [-0.2, 0) is 11.2 Å². The van der Waals surface area contributed by atoms with Crippen LogP contribution in [-0.4, -0.2) is 25.7 Å². The van der Waals surface area contributed by atoms with Crippen LogP contribution in [0, 0.1) is 5.82 Å². The van der Waals surface area contributed by atoms with Crippen molar-refractivity contribution in [3.63, 3.8) is 0 Å². The van der Waals surface area contributed by atoms with Gasteiger partial charge in [0.15, 0.2) is 5.65 Å². The van der Waals surface area contributed by atoms with E-state index in [-0.39, 0.29) is 22.9 Å². The van der Waals surface area contributed by atoms with Crippen molar-refractivity contribution in [2.75, 3.05) is 5.32 Å². The molecule has 0 radical (unpaired) electrons. The molecule has 8 heteroatoms. The predicted molar refractivity (Wildman–Crippen MR) is 100.0 cm³/mol. The maximum atomic E-state index is 13.9. The van der Waals surface area contributed by atoms with E-state index in [2.05, 4.69) is 20.6 Å². The van der Waals surface area contributed by atoms with Crippen LogP contribution in [0.4, 0.5) is 10.1 Å². The number of amides is 1. The Morgan fingerprint density at radius 1 is 1.15 bits per heavy atom. The number of anilines is 1. The molecule has 0 aliphatic rings. The number of nitrogens with zero attached hydrogens (tertiary/aromatic N) is 4. The lowest BCUT2D eigenvalue weighted by Gasteiger charge is -2.09. The zero-order chi connectivity index (χ0) is 18.8. The third kappa shape index (κ3) is 3.63. The number of carbonyl (C=O) groups excluding carboxylic acids is 1. The molecular weight excluding hydrogens is 369 g/mol. The summed E-state index contributed by atoms with van der Waals surface area (Å²) in [6.45, 7) is 0. The Labute approximate surface area is 158 Å². The molecule has 0 saturated heterocycles. The molecule has 2 aromatic heterocycles. The summed E-state index contributed by atoms with van der Waals surface area (Å²) in [5, 5.41) is 15.1. The second kappa shape index (κ2) is 7.13. The van der Waals surface area contributed by atoms with Gasteiger partial charge in [0.25, 0.3) is 0 Å². The zero-order valence-electron chi connectivity index (χ0n) is 13.9. The molecule has 0 bridgehead atoms. The first kappa shape index (κ1) is 17.1. The first-order valence-electron chi connectivity index (χ1n) is 8.10. The largest absolute Gasteiger partial charge is 0.326 e. The highest BCUT2D eigenvalue weighted by Gasteiger charge is 2.12. The molecule has 0 aliphatic carbocycles. The Morgan fingerprint density at radius 2 is 2.00 bits per heavy atom. The Bertz CT molecular complexity index is 1120. The third-order valence-corrected chi connectivity index (χ3v) is 4.36. The highest BCUT2D eigenvalue weighted by atomic mass is 35.5. The van der Waals surface area contributed by atoms with Gasteiger partial charge in [0.1, 0.15) is 12.1 Å². The fourth-order valence-corrected chi connectivity index (χ4v) is 2.94. The standard InChI is InChI=1S/C19H13ClFN5O/c20-15-5-2-6-16(21)14(15)10-19(27)23-13-4-1-3-12(9-13)17-7-8-18-24-22-11-26(18)25-17/h1-9,11H,10H2,(H,23,27). The van der Waals surface area contributed by atoms with Crippen LogP contribution in [0.3, 0.4) is 0 Å². The zero-order valence-corrected chi connectivity index (χ0v) is 14.7. The monoisotopic (exact) mass is 381 g/mol. The Balaban J connectivity index is 1.54. The molecule has 0 saturated carbocycles. The molecule has 2 heterocycles. The van der Waals surface area contributed by atoms with Gasteiger partial charge in [-0.05, 0) is 36.4 Å². The van der Waals surface area contributed by atoms with Gasteiger partial charge < -0.3 is 5.32 Å².